The van der Waals surface area contributed by atoms with Crippen molar-refractivity contribution in [1.29, 1.82) is 0 Å². The molecule has 0 fully saturated rings. The average Bonchev–Trinajstić information content (AvgIpc) is 2.68. The molecular weight excluding hydrogens is 220 g/mol. The highest BCUT2D eigenvalue weighted by Gasteiger charge is 2.13. The first-order valence-electron chi connectivity index (χ1n) is 5.32. The van der Waals surface area contributed by atoms with Crippen LogP contribution < -0.4 is 5.73 Å². The van der Waals surface area contributed by atoms with E-state index in [0.717, 1.165) is 23.3 Å². The minimum atomic E-state index is -0.0971. The third-order valence-electron chi connectivity index (χ3n) is 2.51. The molecule has 0 aliphatic heterocycles. The van der Waals surface area contributed by atoms with Crippen molar-refractivity contribution in [3.63, 3.8) is 0 Å². The number of benzene rings is 1. The molecule has 4 heteroatoms. The number of aromatic nitrogens is 1. The Balaban J connectivity index is 2.25. The van der Waals surface area contributed by atoms with Crippen molar-refractivity contribution in [2.45, 2.75) is 19.4 Å². The lowest BCUT2D eigenvalue weighted by Gasteiger charge is -2.04. The molecule has 0 amide bonds. The van der Waals surface area contributed by atoms with Crippen molar-refractivity contribution in [3.05, 3.63) is 29.7 Å². The number of aryl methyl sites for hydroxylation is 1. The van der Waals surface area contributed by atoms with Gasteiger partial charge >= 0.3 is 0 Å². The van der Waals surface area contributed by atoms with Crippen molar-refractivity contribution in [3.8, 4) is 0 Å². The topological polar surface area (TPSA) is 52.0 Å². The first kappa shape index (κ1) is 11.5. The lowest BCUT2D eigenvalue weighted by Crippen LogP contribution is -2.11. The summed E-state index contributed by atoms with van der Waals surface area (Å²) in [7, 11) is 0. The molecule has 0 aliphatic rings. The fourth-order valence-corrected chi connectivity index (χ4v) is 2.07. The summed E-state index contributed by atoms with van der Waals surface area (Å²) in [5, 5.41) is 0. The van der Waals surface area contributed by atoms with Crippen molar-refractivity contribution < 1.29 is 4.42 Å². The van der Waals surface area contributed by atoms with E-state index in [4.69, 9.17) is 10.2 Å². The third kappa shape index (κ3) is 2.39. The molecule has 1 unspecified atom stereocenters. The molecule has 16 heavy (non-hydrogen) atoms. The zero-order valence-electron chi connectivity index (χ0n) is 9.56. The molecule has 0 bridgehead atoms. The second-order valence-electron chi connectivity index (χ2n) is 3.91. The molecule has 3 nitrogen and oxygen atoms in total. The lowest BCUT2D eigenvalue weighted by molar-refractivity contribution is 0.470. The maximum atomic E-state index is 6.01. The van der Waals surface area contributed by atoms with Gasteiger partial charge in [0.1, 0.15) is 5.52 Å². The molecular formula is C12H16N2OS. The molecule has 2 aromatic rings. The predicted octanol–water partition coefficient (Wildman–Crippen LogP) is 2.89. The number of hydrogen-bond donors (Lipinski definition) is 1. The van der Waals surface area contributed by atoms with Crippen molar-refractivity contribution in [1.82, 2.24) is 4.98 Å². The highest BCUT2D eigenvalue weighted by atomic mass is 32.2. The summed E-state index contributed by atoms with van der Waals surface area (Å²) < 4.78 is 5.66. The smallest absolute Gasteiger partial charge is 0.212 e. The summed E-state index contributed by atoms with van der Waals surface area (Å²) in [5.74, 6) is 1.67. The normalized spacial score (nSPS) is 13.2. The van der Waals surface area contributed by atoms with Crippen LogP contribution in [0.4, 0.5) is 0 Å². The van der Waals surface area contributed by atoms with Crippen LogP contribution in [0.15, 0.2) is 22.6 Å². The van der Waals surface area contributed by atoms with E-state index in [0.29, 0.717) is 5.89 Å². The summed E-state index contributed by atoms with van der Waals surface area (Å²) in [4.78, 5) is 4.41. The maximum absolute atomic E-state index is 6.01. The largest absolute Gasteiger partial charge is 0.439 e. The van der Waals surface area contributed by atoms with Gasteiger partial charge in [0.05, 0.1) is 6.04 Å². The Kier molecular flexibility index (Phi) is 3.51. The van der Waals surface area contributed by atoms with E-state index in [2.05, 4.69) is 11.2 Å². The van der Waals surface area contributed by atoms with Gasteiger partial charge in [0.15, 0.2) is 5.58 Å². The van der Waals surface area contributed by atoms with Crippen LogP contribution in [0.25, 0.3) is 11.1 Å². The van der Waals surface area contributed by atoms with E-state index in [1.165, 1.54) is 5.56 Å². The van der Waals surface area contributed by atoms with Gasteiger partial charge in [0, 0.05) is 0 Å². The monoisotopic (exact) mass is 236 g/mol. The minimum absolute atomic E-state index is 0.0971. The second-order valence-corrected chi connectivity index (χ2v) is 4.90. The lowest BCUT2D eigenvalue weighted by atomic mass is 10.2. The van der Waals surface area contributed by atoms with Crippen LogP contribution in [0.5, 0.6) is 0 Å². The van der Waals surface area contributed by atoms with E-state index >= 15 is 0 Å². The maximum Gasteiger partial charge on any atom is 0.212 e. The minimum Gasteiger partial charge on any atom is -0.439 e. The molecule has 2 N–H and O–H groups in total. The van der Waals surface area contributed by atoms with E-state index < -0.39 is 0 Å². The molecule has 1 heterocycles. The Labute approximate surface area is 99.4 Å². The van der Waals surface area contributed by atoms with Crippen LogP contribution in [0, 0.1) is 6.92 Å². The van der Waals surface area contributed by atoms with Crippen molar-refractivity contribution >= 4 is 22.9 Å². The summed E-state index contributed by atoms with van der Waals surface area (Å²) in [6, 6.07) is 5.90. The molecule has 1 aromatic heterocycles. The van der Waals surface area contributed by atoms with E-state index in [1.807, 2.05) is 25.1 Å². The number of nitrogens with zero attached hydrogens (tertiary/aromatic N) is 1. The molecule has 0 radical (unpaired) electrons. The SMILES string of the molecule is CSCCC(N)c1nc2ccc(C)cc2o1. The molecule has 1 aromatic carbocycles. The van der Waals surface area contributed by atoms with Gasteiger partial charge < -0.3 is 10.2 Å². The Morgan fingerprint density at radius 1 is 1.50 bits per heavy atom. The number of thioether (sulfide) groups is 1. The number of nitrogens with two attached hydrogens (primary N) is 1. The van der Waals surface area contributed by atoms with Crippen LogP contribution in [-0.2, 0) is 0 Å². The van der Waals surface area contributed by atoms with Gasteiger partial charge in [-0.15, -0.1) is 0 Å². The van der Waals surface area contributed by atoms with Crippen LogP contribution >= 0.6 is 11.8 Å². The van der Waals surface area contributed by atoms with Crippen LogP contribution in [0.1, 0.15) is 23.9 Å². The van der Waals surface area contributed by atoms with E-state index in [9.17, 15) is 0 Å². The van der Waals surface area contributed by atoms with Gasteiger partial charge in [-0.2, -0.15) is 11.8 Å². The summed E-state index contributed by atoms with van der Waals surface area (Å²) in [6.45, 7) is 2.04. The first-order chi connectivity index (χ1) is 7.70. The Morgan fingerprint density at radius 2 is 2.31 bits per heavy atom. The fraction of sp³-hybridized carbons (Fsp3) is 0.417. The van der Waals surface area contributed by atoms with Gasteiger partial charge in [-0.05, 0) is 43.0 Å². The summed E-state index contributed by atoms with van der Waals surface area (Å²) in [5.41, 5.74) is 8.90. The van der Waals surface area contributed by atoms with Gasteiger partial charge in [-0.25, -0.2) is 4.98 Å². The van der Waals surface area contributed by atoms with E-state index in [1.54, 1.807) is 11.8 Å². The van der Waals surface area contributed by atoms with Crippen LogP contribution in [0.2, 0.25) is 0 Å². The third-order valence-corrected chi connectivity index (χ3v) is 3.15. The zero-order chi connectivity index (χ0) is 11.5. The summed E-state index contributed by atoms with van der Waals surface area (Å²) in [6.07, 6.45) is 2.97. The van der Waals surface area contributed by atoms with E-state index in [-0.39, 0.29) is 6.04 Å². The number of rotatable bonds is 4. The Hall–Kier alpha value is -1.00. The van der Waals surface area contributed by atoms with Crippen molar-refractivity contribution in [2.24, 2.45) is 5.73 Å². The highest BCUT2D eigenvalue weighted by molar-refractivity contribution is 7.98. The molecule has 0 spiro atoms. The highest BCUT2D eigenvalue weighted by Crippen LogP contribution is 2.22. The van der Waals surface area contributed by atoms with Gasteiger partial charge in [-0.1, -0.05) is 6.07 Å². The van der Waals surface area contributed by atoms with Crippen LogP contribution in [-0.4, -0.2) is 17.0 Å². The number of fused-ring (bicyclic) bond motifs is 1. The second kappa shape index (κ2) is 4.89. The first-order valence-corrected chi connectivity index (χ1v) is 6.71. The Bertz CT molecular complexity index is 481. The van der Waals surface area contributed by atoms with Gasteiger partial charge in [0.25, 0.3) is 0 Å². The molecule has 86 valence electrons. The molecule has 0 aliphatic carbocycles. The molecule has 2 rings (SSSR count). The van der Waals surface area contributed by atoms with Gasteiger partial charge in [-0.3, -0.25) is 0 Å². The fourth-order valence-electron chi connectivity index (χ4n) is 1.58. The quantitative estimate of drug-likeness (QED) is 0.886. The number of oxazole rings is 1. The molecule has 1 atom stereocenters. The standard InChI is InChI=1S/C12H16N2OS/c1-8-3-4-10-11(7-8)15-12(14-10)9(13)5-6-16-2/h3-4,7,9H,5-6,13H2,1-2H3. The average molecular weight is 236 g/mol. The molecule has 0 saturated heterocycles. The Morgan fingerprint density at radius 3 is 3.06 bits per heavy atom. The van der Waals surface area contributed by atoms with Gasteiger partial charge in [0.2, 0.25) is 5.89 Å². The molecule has 0 saturated carbocycles. The number of hydrogen-bond acceptors (Lipinski definition) is 4. The van der Waals surface area contributed by atoms with Crippen LogP contribution in [0.3, 0.4) is 0 Å². The zero-order valence-corrected chi connectivity index (χ0v) is 10.4. The van der Waals surface area contributed by atoms with Crippen molar-refractivity contribution in [2.75, 3.05) is 12.0 Å². The predicted molar refractivity (Wildman–Crippen MR) is 68.7 cm³/mol. The summed E-state index contributed by atoms with van der Waals surface area (Å²) >= 11 is 1.78.